The number of benzene rings is 3. The maximum absolute atomic E-state index is 12.8. The van der Waals surface area contributed by atoms with E-state index in [1.807, 2.05) is 59.2 Å². The summed E-state index contributed by atoms with van der Waals surface area (Å²) in [5.41, 5.74) is 13.0. The molecule has 10 heteroatoms. The number of nitrogens with zero attached hydrogens (tertiary/aromatic N) is 5. The maximum Gasteiger partial charge on any atom is 0.251 e. The Balaban J connectivity index is 1.08. The zero-order valence-electron chi connectivity index (χ0n) is 25.6. The second kappa shape index (κ2) is 12.9. The van der Waals surface area contributed by atoms with Crippen LogP contribution in [0.5, 0.6) is 5.75 Å². The van der Waals surface area contributed by atoms with Gasteiger partial charge in [0.1, 0.15) is 17.1 Å². The number of nitrogen functional groups attached to an aromatic ring is 1. The number of nitrogens with two attached hydrogens (primary N) is 1. The quantitative estimate of drug-likeness (QED) is 0.185. The summed E-state index contributed by atoms with van der Waals surface area (Å²) in [6, 6.07) is 30.6. The number of pyridine rings is 2. The monoisotopic (exact) mass is 623 g/mol. The molecule has 0 radical (unpaired) electrons. The summed E-state index contributed by atoms with van der Waals surface area (Å²) in [6.45, 7) is 2.46. The van der Waals surface area contributed by atoms with E-state index in [0.29, 0.717) is 23.5 Å². The van der Waals surface area contributed by atoms with Crippen LogP contribution in [0.25, 0.3) is 39.5 Å². The van der Waals surface area contributed by atoms with Crippen LogP contribution in [0.3, 0.4) is 0 Å². The first kappa shape index (κ1) is 29.8. The number of piperidine rings is 1. The molecule has 3 aromatic carbocycles. The van der Waals surface area contributed by atoms with Gasteiger partial charge < -0.3 is 16.2 Å². The summed E-state index contributed by atoms with van der Waals surface area (Å²) in [6.07, 6.45) is 3.84. The van der Waals surface area contributed by atoms with E-state index in [2.05, 4.69) is 39.5 Å². The minimum Gasteiger partial charge on any atom is -0.507 e. The molecule has 47 heavy (non-hydrogen) atoms. The Labute approximate surface area is 271 Å². The van der Waals surface area contributed by atoms with Gasteiger partial charge in [0.25, 0.3) is 5.91 Å². The number of likely N-dealkylation sites (tertiary alicyclic amines) is 1. The van der Waals surface area contributed by atoms with Gasteiger partial charge in [-0.3, -0.25) is 19.1 Å². The second-order valence-electron chi connectivity index (χ2n) is 11.7. The number of amides is 1. The van der Waals surface area contributed by atoms with Crippen molar-refractivity contribution in [3.8, 4) is 34.1 Å². The summed E-state index contributed by atoms with van der Waals surface area (Å²) in [5, 5.41) is 12.8. The number of fused-ring (bicyclic) bond motifs is 1. The van der Waals surface area contributed by atoms with Gasteiger partial charge in [0.2, 0.25) is 0 Å². The number of carbonyl (C=O) groups excluding carboxylic acids is 2. The number of phenols is 1. The fraction of sp³-hybridized carbons (Fsp3) is 0.162. The van der Waals surface area contributed by atoms with E-state index in [0.717, 1.165) is 66.1 Å². The highest BCUT2D eigenvalue weighted by atomic mass is 16.3. The Bertz CT molecular complexity index is 2070. The summed E-state index contributed by atoms with van der Waals surface area (Å²) < 4.78 is 2.04. The van der Waals surface area contributed by atoms with Crippen LogP contribution in [-0.2, 0) is 6.54 Å². The number of nitrogens with one attached hydrogen (secondary N) is 1. The zero-order chi connectivity index (χ0) is 32.3. The number of aldehydes is 1. The molecule has 0 unspecified atom stereocenters. The largest absolute Gasteiger partial charge is 0.507 e. The molecule has 0 bridgehead atoms. The first-order chi connectivity index (χ1) is 23.0. The van der Waals surface area contributed by atoms with Crippen LogP contribution in [-0.4, -0.2) is 60.9 Å². The van der Waals surface area contributed by atoms with E-state index in [1.54, 1.807) is 6.20 Å². The fourth-order valence-electron chi connectivity index (χ4n) is 6.06. The lowest BCUT2D eigenvalue weighted by Gasteiger charge is -2.32. The predicted molar refractivity (Wildman–Crippen MR) is 181 cm³/mol. The first-order valence-corrected chi connectivity index (χ1v) is 15.5. The molecule has 1 saturated heterocycles. The van der Waals surface area contributed by atoms with E-state index in [9.17, 15) is 14.7 Å². The average Bonchev–Trinajstić information content (AvgIpc) is 3.49. The molecule has 234 valence electrons. The highest BCUT2D eigenvalue weighted by molar-refractivity contribution is 5.96. The third-order valence-corrected chi connectivity index (χ3v) is 8.59. The van der Waals surface area contributed by atoms with Crippen LogP contribution in [0.4, 0.5) is 5.82 Å². The summed E-state index contributed by atoms with van der Waals surface area (Å²) >= 11 is 0. The molecule has 4 heterocycles. The topological polar surface area (TPSA) is 139 Å². The Morgan fingerprint density at radius 3 is 2.47 bits per heavy atom. The van der Waals surface area contributed by atoms with Crippen LogP contribution in [0.2, 0.25) is 0 Å². The van der Waals surface area contributed by atoms with Crippen molar-refractivity contribution in [3.63, 3.8) is 0 Å². The van der Waals surface area contributed by atoms with Crippen LogP contribution < -0.4 is 11.1 Å². The molecule has 1 aliphatic rings. The number of rotatable bonds is 8. The van der Waals surface area contributed by atoms with Crippen molar-refractivity contribution >= 4 is 29.2 Å². The number of phenolic OH excluding ortho intramolecular Hbond substituents is 1. The van der Waals surface area contributed by atoms with E-state index in [4.69, 9.17) is 15.7 Å². The van der Waals surface area contributed by atoms with Gasteiger partial charge in [0.05, 0.1) is 16.8 Å². The number of imidazole rings is 1. The third kappa shape index (κ3) is 6.18. The van der Waals surface area contributed by atoms with Gasteiger partial charge in [-0.2, -0.15) is 0 Å². The first-order valence-electron chi connectivity index (χ1n) is 15.5. The number of aromatic nitrogens is 4. The molecule has 10 nitrogen and oxygen atoms in total. The summed E-state index contributed by atoms with van der Waals surface area (Å²) in [5.74, 6) is 0.697. The molecular weight excluding hydrogens is 590 g/mol. The highest BCUT2D eigenvalue weighted by Gasteiger charge is 2.23. The van der Waals surface area contributed by atoms with Crippen molar-refractivity contribution in [2.75, 3.05) is 18.8 Å². The molecule has 7 rings (SSSR count). The number of hydrogen-bond donors (Lipinski definition) is 3. The number of anilines is 1. The minimum atomic E-state index is -0.244. The predicted octanol–water partition coefficient (Wildman–Crippen LogP) is 5.64. The molecule has 0 saturated carbocycles. The van der Waals surface area contributed by atoms with Crippen molar-refractivity contribution < 1.29 is 14.7 Å². The normalized spacial score (nSPS) is 13.9. The Hall–Kier alpha value is -5.87. The van der Waals surface area contributed by atoms with Crippen molar-refractivity contribution in [3.05, 3.63) is 120 Å². The van der Waals surface area contributed by atoms with Gasteiger partial charge in [-0.25, -0.2) is 15.0 Å². The van der Waals surface area contributed by atoms with Gasteiger partial charge in [0, 0.05) is 48.7 Å². The van der Waals surface area contributed by atoms with Crippen molar-refractivity contribution in [2.24, 2.45) is 0 Å². The van der Waals surface area contributed by atoms with Gasteiger partial charge in [-0.1, -0.05) is 42.5 Å². The minimum absolute atomic E-state index is 0.0377. The SMILES string of the molecule is Nc1ncccc1-c1nc2ccc(-c3ccccc3)nc2n1-c1ccc(CN2CCC(NC(=O)c3ccc(O)c(C=O)c3)CC2)cc1. The van der Waals surface area contributed by atoms with E-state index >= 15 is 0 Å². The highest BCUT2D eigenvalue weighted by Crippen LogP contribution is 2.32. The Morgan fingerprint density at radius 1 is 0.936 bits per heavy atom. The van der Waals surface area contributed by atoms with Crippen LogP contribution in [0, 0.1) is 0 Å². The average molecular weight is 624 g/mol. The van der Waals surface area contributed by atoms with Crippen molar-refractivity contribution in [1.82, 2.24) is 29.7 Å². The standard InChI is InChI=1S/C37H33N7O3/c38-34-30(7-4-18-39-34)35-42-32-14-13-31(25-5-2-1-3-6-25)41-36(32)44(35)29-11-8-24(9-12-29)22-43-19-16-28(17-20-43)40-37(47)26-10-15-33(46)27(21-26)23-45/h1-15,18,21,23,28,46H,16-17,19-20,22H2,(H2,38,39)(H,40,47). The molecule has 4 N–H and O–H groups in total. The van der Waals surface area contributed by atoms with E-state index in [1.165, 1.54) is 23.8 Å². The van der Waals surface area contributed by atoms with Crippen molar-refractivity contribution in [1.29, 1.82) is 0 Å². The Kier molecular flexibility index (Phi) is 8.16. The smallest absolute Gasteiger partial charge is 0.251 e. The second-order valence-corrected chi connectivity index (χ2v) is 11.7. The van der Waals surface area contributed by atoms with Gasteiger partial charge >= 0.3 is 0 Å². The molecule has 0 atom stereocenters. The van der Waals surface area contributed by atoms with Crippen LogP contribution in [0.1, 0.15) is 39.1 Å². The molecule has 0 spiro atoms. The molecule has 1 fully saturated rings. The van der Waals surface area contributed by atoms with E-state index in [-0.39, 0.29) is 23.3 Å². The Morgan fingerprint density at radius 2 is 1.72 bits per heavy atom. The van der Waals surface area contributed by atoms with Crippen LogP contribution >= 0.6 is 0 Å². The molecule has 1 amide bonds. The number of hydrogen-bond acceptors (Lipinski definition) is 8. The fourth-order valence-corrected chi connectivity index (χ4v) is 6.06. The lowest BCUT2D eigenvalue weighted by Crippen LogP contribution is -2.44. The van der Waals surface area contributed by atoms with Crippen molar-refractivity contribution in [2.45, 2.75) is 25.4 Å². The van der Waals surface area contributed by atoms with E-state index < -0.39 is 0 Å². The number of aromatic hydroxyl groups is 1. The molecule has 1 aliphatic heterocycles. The number of carbonyl (C=O) groups is 2. The molecule has 0 aliphatic carbocycles. The maximum atomic E-state index is 12.8. The van der Waals surface area contributed by atoms with Gasteiger partial charge in [-0.05, 0) is 73.0 Å². The molecular formula is C37H33N7O3. The lowest BCUT2D eigenvalue weighted by molar-refractivity contribution is 0.0909. The van der Waals surface area contributed by atoms with Gasteiger partial charge in [-0.15, -0.1) is 0 Å². The van der Waals surface area contributed by atoms with Crippen LogP contribution in [0.15, 0.2) is 103 Å². The summed E-state index contributed by atoms with van der Waals surface area (Å²) in [7, 11) is 0. The molecule has 3 aromatic heterocycles. The third-order valence-electron chi connectivity index (χ3n) is 8.59. The summed E-state index contributed by atoms with van der Waals surface area (Å²) in [4.78, 5) is 40.6. The lowest BCUT2D eigenvalue weighted by atomic mass is 10.0. The van der Waals surface area contributed by atoms with Gasteiger partial charge in [0.15, 0.2) is 17.8 Å². The molecule has 6 aromatic rings. The zero-order valence-corrected chi connectivity index (χ0v) is 25.6.